The fraction of sp³-hybridized carbons (Fsp3) is 0.240. The number of carbonyl (C=O) groups is 3. The first-order chi connectivity index (χ1) is 15.5. The van der Waals surface area contributed by atoms with Crippen molar-refractivity contribution in [2.75, 3.05) is 13.7 Å². The lowest BCUT2D eigenvalue weighted by atomic mass is 10.1. The van der Waals surface area contributed by atoms with Crippen molar-refractivity contribution in [2.45, 2.75) is 25.4 Å². The number of rotatable bonds is 8. The number of methoxy groups -OCH3 is 1. The van der Waals surface area contributed by atoms with Crippen molar-refractivity contribution in [3.8, 4) is 5.75 Å². The minimum Gasteiger partial charge on any atom is -0.497 e. The summed E-state index contributed by atoms with van der Waals surface area (Å²) in [6, 6.07) is 19.6. The van der Waals surface area contributed by atoms with Gasteiger partial charge in [0.25, 0.3) is 5.91 Å². The molecule has 1 N–H and O–H groups in total. The molecule has 0 aliphatic carbocycles. The number of nitrogens with zero attached hydrogens (tertiary/aromatic N) is 2. The molecule has 0 radical (unpaired) electrons. The van der Waals surface area contributed by atoms with Gasteiger partial charge in [-0.2, -0.15) is 0 Å². The van der Waals surface area contributed by atoms with E-state index in [9.17, 15) is 19.5 Å². The van der Waals surface area contributed by atoms with Gasteiger partial charge in [-0.05, 0) is 46.5 Å². The molecule has 7 nitrogen and oxygen atoms in total. The molecule has 0 bridgehead atoms. The summed E-state index contributed by atoms with van der Waals surface area (Å²) in [6.07, 6.45) is 0.0982. The van der Waals surface area contributed by atoms with Crippen molar-refractivity contribution in [1.82, 2.24) is 9.80 Å². The van der Waals surface area contributed by atoms with Gasteiger partial charge in [-0.25, -0.2) is 4.79 Å². The summed E-state index contributed by atoms with van der Waals surface area (Å²) >= 11 is 0. The summed E-state index contributed by atoms with van der Waals surface area (Å²) in [6.45, 7) is 0.373. The fourth-order valence-corrected chi connectivity index (χ4v) is 4.02. The van der Waals surface area contributed by atoms with Gasteiger partial charge in [0.2, 0.25) is 0 Å². The number of aliphatic carboxylic acids is 1. The Morgan fingerprint density at radius 1 is 0.969 bits per heavy atom. The molecule has 1 saturated heterocycles. The number of amides is 3. The Balaban J connectivity index is 1.56. The van der Waals surface area contributed by atoms with Gasteiger partial charge in [0, 0.05) is 13.1 Å². The average molecular weight is 432 g/mol. The number of urea groups is 1. The minimum absolute atomic E-state index is 0.159. The van der Waals surface area contributed by atoms with Crippen molar-refractivity contribution in [2.24, 2.45) is 0 Å². The fourth-order valence-electron chi connectivity index (χ4n) is 4.02. The van der Waals surface area contributed by atoms with Gasteiger partial charge in [0.05, 0.1) is 13.5 Å². The summed E-state index contributed by atoms with van der Waals surface area (Å²) in [5.41, 5.74) is 1.83. The first kappa shape index (κ1) is 21.4. The van der Waals surface area contributed by atoms with Crippen LogP contribution < -0.4 is 4.74 Å². The van der Waals surface area contributed by atoms with E-state index in [0.29, 0.717) is 6.42 Å². The number of imide groups is 1. The third-order valence-electron chi connectivity index (χ3n) is 5.70. The zero-order valence-electron chi connectivity index (χ0n) is 17.7. The number of carboxylic acids is 1. The Morgan fingerprint density at radius 3 is 2.41 bits per heavy atom. The van der Waals surface area contributed by atoms with E-state index in [1.807, 2.05) is 66.7 Å². The van der Waals surface area contributed by atoms with Crippen molar-refractivity contribution in [3.63, 3.8) is 0 Å². The van der Waals surface area contributed by atoms with E-state index in [0.717, 1.165) is 27.6 Å². The Morgan fingerprint density at radius 2 is 1.69 bits per heavy atom. The number of ether oxygens (including phenoxy) is 1. The second-order valence-corrected chi connectivity index (χ2v) is 7.80. The minimum atomic E-state index is -1.11. The number of carbonyl (C=O) groups excluding carboxylic acids is 2. The third-order valence-corrected chi connectivity index (χ3v) is 5.70. The SMILES string of the molecule is COc1ccc2cc(CN3C(=O)N(CCc4ccccc4)C(=O)[C@@H]3CC(=O)O)ccc2c1. The van der Waals surface area contributed by atoms with Crippen molar-refractivity contribution in [1.29, 1.82) is 0 Å². The van der Waals surface area contributed by atoms with Crippen molar-refractivity contribution >= 4 is 28.7 Å². The molecule has 1 fully saturated rings. The van der Waals surface area contributed by atoms with Crippen LogP contribution >= 0.6 is 0 Å². The van der Waals surface area contributed by atoms with E-state index in [-0.39, 0.29) is 13.1 Å². The molecule has 3 aromatic carbocycles. The second kappa shape index (κ2) is 9.09. The maximum Gasteiger partial charge on any atom is 0.327 e. The van der Waals surface area contributed by atoms with Crippen LogP contribution in [-0.4, -0.2) is 52.5 Å². The lowest BCUT2D eigenvalue weighted by Gasteiger charge is -2.21. The summed E-state index contributed by atoms with van der Waals surface area (Å²) in [5.74, 6) is -0.823. The van der Waals surface area contributed by atoms with E-state index < -0.39 is 30.4 Å². The highest BCUT2D eigenvalue weighted by molar-refractivity contribution is 6.05. The molecule has 0 saturated carbocycles. The molecule has 3 aromatic rings. The van der Waals surface area contributed by atoms with Crippen LogP contribution in [0.25, 0.3) is 10.8 Å². The molecule has 164 valence electrons. The van der Waals surface area contributed by atoms with E-state index in [2.05, 4.69) is 0 Å². The molecule has 1 aliphatic heterocycles. The monoisotopic (exact) mass is 432 g/mol. The lowest BCUT2D eigenvalue weighted by Crippen LogP contribution is -2.36. The molecule has 1 atom stereocenters. The van der Waals surface area contributed by atoms with Crippen molar-refractivity contribution < 1.29 is 24.2 Å². The molecular weight excluding hydrogens is 408 g/mol. The van der Waals surface area contributed by atoms with Crippen LogP contribution in [0.2, 0.25) is 0 Å². The van der Waals surface area contributed by atoms with Crippen LogP contribution in [0.5, 0.6) is 5.75 Å². The normalized spacial score (nSPS) is 16.1. The second-order valence-electron chi connectivity index (χ2n) is 7.80. The predicted molar refractivity (Wildman–Crippen MR) is 119 cm³/mol. The highest BCUT2D eigenvalue weighted by Crippen LogP contribution is 2.26. The maximum absolute atomic E-state index is 13.1. The lowest BCUT2D eigenvalue weighted by molar-refractivity contribution is -0.141. The smallest absolute Gasteiger partial charge is 0.327 e. The number of hydrogen-bond donors (Lipinski definition) is 1. The highest BCUT2D eigenvalue weighted by Gasteiger charge is 2.45. The molecular formula is C25H24N2O5. The average Bonchev–Trinajstić information content (AvgIpc) is 3.01. The van der Waals surface area contributed by atoms with Gasteiger partial charge >= 0.3 is 12.0 Å². The Kier molecular flexibility index (Phi) is 6.07. The van der Waals surface area contributed by atoms with Crippen LogP contribution in [0.3, 0.4) is 0 Å². The predicted octanol–water partition coefficient (Wildman–Crippen LogP) is 3.70. The number of benzene rings is 3. The summed E-state index contributed by atoms with van der Waals surface area (Å²) in [7, 11) is 1.61. The molecule has 7 heteroatoms. The van der Waals surface area contributed by atoms with Crippen molar-refractivity contribution in [3.05, 3.63) is 77.9 Å². The Hall–Kier alpha value is -3.87. The molecule has 0 aromatic heterocycles. The standard InChI is InChI=1S/C25H24N2O5/c1-32-21-10-9-19-13-18(7-8-20(19)14-21)16-27-22(15-23(28)29)24(30)26(25(27)31)12-11-17-5-3-2-4-6-17/h2-10,13-14,22H,11-12,15-16H2,1H3,(H,28,29)/t22-/m0/s1. The van der Waals surface area contributed by atoms with E-state index >= 15 is 0 Å². The topological polar surface area (TPSA) is 87.2 Å². The van der Waals surface area contributed by atoms with Crippen LogP contribution in [0.4, 0.5) is 4.79 Å². The van der Waals surface area contributed by atoms with Crippen LogP contribution in [0.15, 0.2) is 66.7 Å². The van der Waals surface area contributed by atoms with Gasteiger partial charge in [-0.15, -0.1) is 0 Å². The number of carboxylic acid groups (broad SMARTS) is 1. The zero-order valence-corrected chi connectivity index (χ0v) is 17.7. The zero-order chi connectivity index (χ0) is 22.7. The molecule has 3 amide bonds. The summed E-state index contributed by atoms with van der Waals surface area (Å²) in [5, 5.41) is 11.3. The first-order valence-corrected chi connectivity index (χ1v) is 10.4. The first-order valence-electron chi connectivity index (χ1n) is 10.4. The van der Waals surface area contributed by atoms with Crippen LogP contribution in [0.1, 0.15) is 17.5 Å². The molecule has 0 unspecified atom stereocenters. The maximum atomic E-state index is 13.1. The number of hydrogen-bond acceptors (Lipinski definition) is 4. The number of fused-ring (bicyclic) bond motifs is 1. The Labute approximate surface area is 185 Å². The van der Waals surface area contributed by atoms with Gasteiger partial charge in [0.1, 0.15) is 11.8 Å². The van der Waals surface area contributed by atoms with E-state index in [4.69, 9.17) is 4.74 Å². The van der Waals surface area contributed by atoms with E-state index in [1.165, 1.54) is 9.80 Å². The molecule has 1 heterocycles. The molecule has 32 heavy (non-hydrogen) atoms. The summed E-state index contributed by atoms with van der Waals surface area (Å²) in [4.78, 5) is 40.0. The van der Waals surface area contributed by atoms with Crippen LogP contribution in [0, 0.1) is 0 Å². The van der Waals surface area contributed by atoms with Gasteiger partial charge in [-0.3, -0.25) is 14.5 Å². The summed E-state index contributed by atoms with van der Waals surface area (Å²) < 4.78 is 5.25. The quantitative estimate of drug-likeness (QED) is 0.549. The Bertz CT molecular complexity index is 1160. The van der Waals surface area contributed by atoms with Gasteiger partial charge in [0.15, 0.2) is 0 Å². The molecule has 4 rings (SSSR count). The largest absolute Gasteiger partial charge is 0.497 e. The van der Waals surface area contributed by atoms with Gasteiger partial charge < -0.3 is 14.7 Å². The van der Waals surface area contributed by atoms with Gasteiger partial charge in [-0.1, -0.05) is 48.5 Å². The highest BCUT2D eigenvalue weighted by atomic mass is 16.5. The third kappa shape index (κ3) is 4.42. The van der Waals surface area contributed by atoms with Crippen LogP contribution in [-0.2, 0) is 22.6 Å². The van der Waals surface area contributed by atoms with E-state index in [1.54, 1.807) is 7.11 Å². The molecule has 1 aliphatic rings. The molecule has 0 spiro atoms.